The van der Waals surface area contributed by atoms with Crippen LogP contribution < -0.4 is 0 Å². The van der Waals surface area contributed by atoms with Crippen LogP contribution in [-0.4, -0.2) is 25.2 Å². The fraction of sp³-hybridized carbons (Fsp3) is 0.556. The lowest BCUT2D eigenvalue weighted by molar-refractivity contribution is -0.431. The Hall–Kier alpha value is -0.943. The molecule has 2 rings (SSSR count). The van der Waals surface area contributed by atoms with Crippen LogP contribution >= 0.6 is 0 Å². The second-order valence-electron chi connectivity index (χ2n) is 4.67. The summed E-state index contributed by atoms with van der Waals surface area (Å²) in [6.45, 7) is 6.34. The zero-order valence-electron chi connectivity index (χ0n) is 8.48. The predicted molar refractivity (Wildman–Crippen MR) is 55.2 cm³/mol. The molecule has 0 radical (unpaired) electrons. The van der Waals surface area contributed by atoms with Crippen molar-refractivity contribution in [3.63, 3.8) is 0 Å². The van der Waals surface area contributed by atoms with Gasteiger partial charge in [0.2, 0.25) is 0 Å². The molecule has 5 heteroatoms. The third-order valence-corrected chi connectivity index (χ3v) is 4.75. The van der Waals surface area contributed by atoms with E-state index in [2.05, 4.69) is 19.6 Å². The lowest BCUT2D eigenvalue weighted by Gasteiger charge is -2.20. The minimum atomic E-state index is -1.64. The number of ether oxygens (including phenoxy) is 1. The van der Waals surface area contributed by atoms with E-state index in [1.165, 1.54) is 0 Å². The maximum Gasteiger partial charge on any atom is 0.276 e. The summed E-state index contributed by atoms with van der Waals surface area (Å²) in [4.78, 5) is 10.6. The first-order valence-corrected chi connectivity index (χ1v) is 8.14. The van der Waals surface area contributed by atoms with Gasteiger partial charge in [0.1, 0.15) is 6.10 Å². The van der Waals surface area contributed by atoms with Crippen LogP contribution in [0.3, 0.4) is 0 Å². The molecule has 0 saturated carbocycles. The molecule has 0 amide bonds. The third kappa shape index (κ3) is 1.24. The molecule has 2 atom stereocenters. The van der Waals surface area contributed by atoms with Gasteiger partial charge >= 0.3 is 0 Å². The second-order valence-corrected chi connectivity index (χ2v) is 9.71. The van der Waals surface area contributed by atoms with Gasteiger partial charge in [0.15, 0.2) is 6.10 Å². The second kappa shape index (κ2) is 2.77. The average Bonchev–Trinajstić information content (AvgIpc) is 2.58. The topological polar surface area (TPSA) is 52.4 Å². The molecule has 2 aliphatic heterocycles. The number of fused-ring (bicyclic) bond motifs is 2. The van der Waals surface area contributed by atoms with Crippen LogP contribution in [0.1, 0.15) is 0 Å². The van der Waals surface area contributed by atoms with Crippen molar-refractivity contribution < 1.29 is 9.66 Å². The monoisotopic (exact) mass is 211 g/mol. The Balaban J connectivity index is 2.49. The summed E-state index contributed by atoms with van der Waals surface area (Å²) in [6, 6.07) is 0. The van der Waals surface area contributed by atoms with E-state index in [1.807, 2.05) is 6.08 Å². The number of hydrogen-bond donors (Lipinski definition) is 0. The molecule has 0 aromatic carbocycles. The predicted octanol–water partition coefficient (Wildman–Crippen LogP) is 1.73. The van der Waals surface area contributed by atoms with Crippen LogP contribution in [0, 0.1) is 10.1 Å². The number of nitrogens with zero attached hydrogens (tertiary/aromatic N) is 1. The molecule has 2 unspecified atom stereocenters. The van der Waals surface area contributed by atoms with Gasteiger partial charge in [-0.05, 0) is 6.08 Å². The van der Waals surface area contributed by atoms with E-state index >= 15 is 0 Å². The highest BCUT2D eigenvalue weighted by molar-refractivity contribution is 6.83. The minimum Gasteiger partial charge on any atom is -0.351 e. The molecule has 14 heavy (non-hydrogen) atoms. The standard InChI is InChI=1S/C9H13NO3Si/c1-14(2,3)9-7-5-4-6(13-7)8(9)10(11)12/h4-7H,1-3H3. The molecule has 2 aliphatic rings. The van der Waals surface area contributed by atoms with Crippen molar-refractivity contribution in [3.05, 3.63) is 33.2 Å². The summed E-state index contributed by atoms with van der Waals surface area (Å²) in [5.74, 6) is 0. The van der Waals surface area contributed by atoms with Crippen molar-refractivity contribution in [3.8, 4) is 0 Å². The van der Waals surface area contributed by atoms with Crippen molar-refractivity contribution in [2.45, 2.75) is 31.8 Å². The van der Waals surface area contributed by atoms with E-state index in [0.717, 1.165) is 5.20 Å². The van der Waals surface area contributed by atoms with Crippen molar-refractivity contribution >= 4 is 8.07 Å². The van der Waals surface area contributed by atoms with Gasteiger partial charge in [-0.2, -0.15) is 0 Å². The van der Waals surface area contributed by atoms with Gasteiger partial charge in [0, 0.05) is 5.20 Å². The molecule has 0 N–H and O–H groups in total. The van der Waals surface area contributed by atoms with E-state index in [4.69, 9.17) is 4.74 Å². The Kier molecular flexibility index (Phi) is 1.90. The Labute approximate surface area is 83.4 Å². The zero-order valence-corrected chi connectivity index (χ0v) is 9.48. The Morgan fingerprint density at radius 2 is 1.93 bits per heavy atom. The summed E-state index contributed by atoms with van der Waals surface area (Å²) in [6.07, 6.45) is 3.21. The molecular weight excluding hydrogens is 198 g/mol. The summed E-state index contributed by atoms with van der Waals surface area (Å²) >= 11 is 0. The van der Waals surface area contributed by atoms with Crippen LogP contribution in [0.25, 0.3) is 0 Å². The van der Waals surface area contributed by atoms with Crippen LogP contribution in [0.5, 0.6) is 0 Å². The van der Waals surface area contributed by atoms with Crippen molar-refractivity contribution in [2.75, 3.05) is 0 Å². The first-order chi connectivity index (χ1) is 6.41. The number of nitro groups is 1. The van der Waals surface area contributed by atoms with Crippen molar-refractivity contribution in [1.29, 1.82) is 0 Å². The smallest absolute Gasteiger partial charge is 0.276 e. The molecule has 0 saturated heterocycles. The molecule has 2 bridgehead atoms. The van der Waals surface area contributed by atoms with Crippen molar-refractivity contribution in [2.24, 2.45) is 0 Å². The fourth-order valence-electron chi connectivity index (χ4n) is 2.08. The maximum absolute atomic E-state index is 10.9. The van der Waals surface area contributed by atoms with Gasteiger partial charge in [-0.25, -0.2) is 0 Å². The number of rotatable bonds is 2. The largest absolute Gasteiger partial charge is 0.351 e. The molecule has 0 aromatic heterocycles. The Morgan fingerprint density at radius 1 is 1.36 bits per heavy atom. The van der Waals surface area contributed by atoms with E-state index in [0.29, 0.717) is 5.70 Å². The van der Waals surface area contributed by atoms with Gasteiger partial charge in [-0.3, -0.25) is 10.1 Å². The van der Waals surface area contributed by atoms with Gasteiger partial charge in [0.25, 0.3) is 5.70 Å². The summed E-state index contributed by atoms with van der Waals surface area (Å²) in [7, 11) is -1.64. The van der Waals surface area contributed by atoms with Gasteiger partial charge < -0.3 is 4.74 Å². The number of hydrogen-bond acceptors (Lipinski definition) is 3. The Morgan fingerprint density at radius 3 is 2.36 bits per heavy atom. The van der Waals surface area contributed by atoms with Crippen LogP contribution in [0.4, 0.5) is 0 Å². The Bertz CT molecular complexity index is 354. The van der Waals surface area contributed by atoms with Crippen LogP contribution in [0.2, 0.25) is 19.6 Å². The van der Waals surface area contributed by atoms with E-state index < -0.39 is 14.2 Å². The van der Waals surface area contributed by atoms with Gasteiger partial charge in [0.05, 0.1) is 13.0 Å². The first kappa shape index (κ1) is 9.61. The van der Waals surface area contributed by atoms with E-state index in [9.17, 15) is 10.1 Å². The molecule has 0 fully saturated rings. The molecule has 4 nitrogen and oxygen atoms in total. The average molecular weight is 211 g/mol. The summed E-state index contributed by atoms with van der Waals surface area (Å²) in [5.41, 5.74) is 0.302. The summed E-state index contributed by atoms with van der Waals surface area (Å²) < 4.78 is 5.49. The lowest BCUT2D eigenvalue weighted by atomic mass is 10.1. The highest BCUT2D eigenvalue weighted by Crippen LogP contribution is 2.39. The zero-order chi connectivity index (χ0) is 10.5. The summed E-state index contributed by atoms with van der Waals surface area (Å²) in [5, 5.41) is 11.9. The fourth-order valence-corrected chi connectivity index (χ4v) is 4.10. The van der Waals surface area contributed by atoms with Crippen molar-refractivity contribution in [1.82, 2.24) is 0 Å². The quantitative estimate of drug-likeness (QED) is 0.302. The van der Waals surface area contributed by atoms with E-state index in [-0.39, 0.29) is 11.0 Å². The molecule has 2 heterocycles. The molecule has 0 spiro atoms. The maximum atomic E-state index is 10.9. The minimum absolute atomic E-state index is 0.118. The van der Waals surface area contributed by atoms with Crippen LogP contribution in [0.15, 0.2) is 23.0 Å². The molecule has 0 aromatic rings. The lowest BCUT2D eigenvalue weighted by Crippen LogP contribution is -2.32. The highest BCUT2D eigenvalue weighted by Gasteiger charge is 2.48. The molecule has 76 valence electrons. The van der Waals surface area contributed by atoms with Gasteiger partial charge in [-0.1, -0.05) is 25.7 Å². The van der Waals surface area contributed by atoms with Crippen LogP contribution in [-0.2, 0) is 4.74 Å². The van der Waals surface area contributed by atoms with E-state index in [1.54, 1.807) is 6.08 Å². The first-order valence-electron chi connectivity index (χ1n) is 4.64. The normalized spacial score (nSPS) is 30.2. The molecular formula is C9H13NO3Si. The SMILES string of the molecule is C[Si](C)(C)C1=C([N+](=O)[O-])C2C=CC1O2. The van der Waals surface area contributed by atoms with Gasteiger partial charge in [-0.15, -0.1) is 0 Å². The molecule has 0 aliphatic carbocycles. The highest BCUT2D eigenvalue weighted by atomic mass is 28.3. The third-order valence-electron chi connectivity index (χ3n) is 2.59.